The number of rotatable bonds is 4. The molecule has 84 valence electrons. The van der Waals surface area contributed by atoms with Gasteiger partial charge in [-0.15, -0.1) is 0 Å². The van der Waals surface area contributed by atoms with E-state index in [1.807, 2.05) is 12.3 Å². The van der Waals surface area contributed by atoms with E-state index in [4.69, 9.17) is 0 Å². The van der Waals surface area contributed by atoms with Crippen molar-refractivity contribution in [1.82, 2.24) is 15.0 Å². The summed E-state index contributed by atoms with van der Waals surface area (Å²) in [6.07, 6.45) is 6.17. The third kappa shape index (κ3) is 3.05. The van der Waals surface area contributed by atoms with Crippen LogP contribution in [0.25, 0.3) is 0 Å². The first kappa shape index (κ1) is 11.6. The van der Waals surface area contributed by atoms with Crippen molar-refractivity contribution >= 4 is 37.7 Å². The fourth-order valence-electron chi connectivity index (χ4n) is 1.28. The van der Waals surface area contributed by atoms with Crippen LogP contribution in [-0.4, -0.2) is 21.5 Å². The van der Waals surface area contributed by atoms with Crippen LogP contribution in [0.1, 0.15) is 5.69 Å². The van der Waals surface area contributed by atoms with E-state index in [2.05, 4.69) is 52.1 Å². The maximum Gasteiger partial charge on any atom is 0.140 e. The standard InChI is InChI=1S/C10H10Br2N4/c11-7-3-9(12)10(15-4-7)14-2-1-8-5-13-6-16-8/h3-6H,1-2H2,(H,13,16)(H,14,15). The van der Waals surface area contributed by atoms with E-state index in [1.54, 1.807) is 12.5 Å². The van der Waals surface area contributed by atoms with E-state index >= 15 is 0 Å². The highest BCUT2D eigenvalue weighted by atomic mass is 79.9. The predicted molar refractivity (Wildman–Crippen MR) is 70.4 cm³/mol. The normalized spacial score (nSPS) is 10.4. The summed E-state index contributed by atoms with van der Waals surface area (Å²) in [5.41, 5.74) is 1.11. The molecular weight excluding hydrogens is 336 g/mol. The Hall–Kier alpha value is -0.880. The summed E-state index contributed by atoms with van der Waals surface area (Å²) in [7, 11) is 0. The zero-order chi connectivity index (χ0) is 11.4. The quantitative estimate of drug-likeness (QED) is 0.895. The van der Waals surface area contributed by atoms with Crippen molar-refractivity contribution in [2.75, 3.05) is 11.9 Å². The fraction of sp³-hybridized carbons (Fsp3) is 0.200. The summed E-state index contributed by atoms with van der Waals surface area (Å²) in [6, 6.07) is 1.96. The molecule has 0 radical (unpaired) electrons. The van der Waals surface area contributed by atoms with Crippen molar-refractivity contribution in [3.63, 3.8) is 0 Å². The molecule has 2 aromatic rings. The smallest absolute Gasteiger partial charge is 0.140 e. The van der Waals surface area contributed by atoms with Crippen molar-refractivity contribution in [3.05, 3.63) is 39.4 Å². The molecular formula is C10H10Br2N4. The molecule has 2 N–H and O–H groups in total. The highest BCUT2D eigenvalue weighted by molar-refractivity contribution is 9.11. The van der Waals surface area contributed by atoms with E-state index in [9.17, 15) is 0 Å². The third-order valence-electron chi connectivity index (χ3n) is 2.05. The summed E-state index contributed by atoms with van der Waals surface area (Å²) >= 11 is 6.81. The van der Waals surface area contributed by atoms with Gasteiger partial charge >= 0.3 is 0 Å². The van der Waals surface area contributed by atoms with Gasteiger partial charge in [-0.25, -0.2) is 9.97 Å². The van der Waals surface area contributed by atoms with Crippen molar-refractivity contribution in [2.45, 2.75) is 6.42 Å². The van der Waals surface area contributed by atoms with E-state index < -0.39 is 0 Å². The maximum atomic E-state index is 4.27. The molecule has 16 heavy (non-hydrogen) atoms. The Morgan fingerprint density at radius 3 is 2.88 bits per heavy atom. The number of hydrogen-bond donors (Lipinski definition) is 2. The van der Waals surface area contributed by atoms with Gasteiger partial charge in [0.15, 0.2) is 0 Å². The molecule has 2 heterocycles. The predicted octanol–water partition coefficient (Wildman–Crippen LogP) is 2.98. The minimum Gasteiger partial charge on any atom is -0.369 e. The number of halogens is 2. The Bertz CT molecular complexity index is 456. The molecule has 0 atom stereocenters. The van der Waals surface area contributed by atoms with Gasteiger partial charge in [0.2, 0.25) is 0 Å². The lowest BCUT2D eigenvalue weighted by molar-refractivity contribution is 0.966. The van der Waals surface area contributed by atoms with Crippen LogP contribution in [0.2, 0.25) is 0 Å². The number of pyridine rings is 1. The Balaban J connectivity index is 1.90. The van der Waals surface area contributed by atoms with Gasteiger partial charge in [-0.3, -0.25) is 0 Å². The summed E-state index contributed by atoms with van der Waals surface area (Å²) in [4.78, 5) is 11.3. The molecule has 0 amide bonds. The number of imidazole rings is 1. The van der Waals surface area contributed by atoms with Gasteiger partial charge < -0.3 is 10.3 Å². The highest BCUT2D eigenvalue weighted by Gasteiger charge is 2.01. The number of nitrogens with one attached hydrogen (secondary N) is 2. The van der Waals surface area contributed by atoms with Gasteiger partial charge in [0.05, 0.1) is 10.8 Å². The molecule has 0 aliphatic carbocycles. The first-order valence-electron chi connectivity index (χ1n) is 4.78. The van der Waals surface area contributed by atoms with Gasteiger partial charge in [-0.2, -0.15) is 0 Å². The zero-order valence-corrected chi connectivity index (χ0v) is 11.5. The van der Waals surface area contributed by atoms with Crippen LogP contribution in [0.15, 0.2) is 33.7 Å². The summed E-state index contributed by atoms with van der Waals surface area (Å²) in [5.74, 6) is 0.850. The van der Waals surface area contributed by atoms with Crippen LogP contribution in [-0.2, 0) is 6.42 Å². The molecule has 0 saturated carbocycles. The molecule has 6 heteroatoms. The second kappa shape index (κ2) is 5.45. The Labute approximate surface area is 110 Å². The van der Waals surface area contributed by atoms with Crippen molar-refractivity contribution < 1.29 is 0 Å². The first-order chi connectivity index (χ1) is 7.75. The van der Waals surface area contributed by atoms with E-state index in [0.29, 0.717) is 0 Å². The third-order valence-corrected chi connectivity index (χ3v) is 3.09. The monoisotopic (exact) mass is 344 g/mol. The van der Waals surface area contributed by atoms with Gasteiger partial charge in [0.25, 0.3) is 0 Å². The van der Waals surface area contributed by atoms with E-state index in [-0.39, 0.29) is 0 Å². The molecule has 0 unspecified atom stereocenters. The van der Waals surface area contributed by atoms with Crippen LogP contribution in [0.3, 0.4) is 0 Å². The molecule has 2 aromatic heterocycles. The number of anilines is 1. The van der Waals surface area contributed by atoms with Crippen LogP contribution in [0.5, 0.6) is 0 Å². The number of aromatic amines is 1. The second-order valence-corrected chi connectivity index (χ2v) is 5.01. The molecule has 0 aliphatic rings. The van der Waals surface area contributed by atoms with E-state index in [1.165, 1.54) is 0 Å². The Kier molecular flexibility index (Phi) is 3.95. The number of nitrogens with zero attached hydrogens (tertiary/aromatic N) is 2. The topological polar surface area (TPSA) is 53.6 Å². The molecule has 0 fully saturated rings. The Morgan fingerprint density at radius 1 is 1.31 bits per heavy atom. The molecule has 0 aliphatic heterocycles. The van der Waals surface area contributed by atoms with Gasteiger partial charge in [-0.1, -0.05) is 0 Å². The lowest BCUT2D eigenvalue weighted by atomic mass is 10.3. The summed E-state index contributed by atoms with van der Waals surface area (Å²) in [6.45, 7) is 0.815. The molecule has 0 bridgehead atoms. The van der Waals surface area contributed by atoms with Crippen molar-refractivity contribution in [3.8, 4) is 0 Å². The summed E-state index contributed by atoms with van der Waals surface area (Å²) in [5, 5.41) is 3.25. The van der Waals surface area contributed by atoms with Gasteiger partial charge in [0, 0.05) is 35.5 Å². The minimum atomic E-state index is 0.815. The van der Waals surface area contributed by atoms with Gasteiger partial charge in [0.1, 0.15) is 5.82 Å². The minimum absolute atomic E-state index is 0.815. The number of aromatic nitrogens is 3. The largest absolute Gasteiger partial charge is 0.369 e. The van der Waals surface area contributed by atoms with Crippen molar-refractivity contribution in [2.24, 2.45) is 0 Å². The number of H-pyrrole nitrogens is 1. The first-order valence-corrected chi connectivity index (χ1v) is 6.36. The van der Waals surface area contributed by atoms with Crippen LogP contribution in [0.4, 0.5) is 5.82 Å². The fourth-order valence-corrected chi connectivity index (χ4v) is 2.41. The average Bonchev–Trinajstić information content (AvgIpc) is 2.74. The van der Waals surface area contributed by atoms with Crippen LogP contribution >= 0.6 is 31.9 Å². The van der Waals surface area contributed by atoms with Crippen molar-refractivity contribution in [1.29, 1.82) is 0 Å². The average molecular weight is 346 g/mol. The lowest BCUT2D eigenvalue weighted by Gasteiger charge is -2.06. The Morgan fingerprint density at radius 2 is 2.19 bits per heavy atom. The maximum absolute atomic E-state index is 4.27. The number of hydrogen-bond acceptors (Lipinski definition) is 3. The second-order valence-electron chi connectivity index (χ2n) is 3.24. The van der Waals surface area contributed by atoms with E-state index in [0.717, 1.165) is 33.4 Å². The van der Waals surface area contributed by atoms with Crippen LogP contribution < -0.4 is 5.32 Å². The molecule has 4 nitrogen and oxygen atoms in total. The molecule has 0 aromatic carbocycles. The highest BCUT2D eigenvalue weighted by Crippen LogP contribution is 2.23. The molecule has 2 rings (SSSR count). The lowest BCUT2D eigenvalue weighted by Crippen LogP contribution is -2.06. The zero-order valence-electron chi connectivity index (χ0n) is 8.37. The summed E-state index contributed by atoms with van der Waals surface area (Å²) < 4.78 is 1.91. The SMILES string of the molecule is Brc1cnc(NCCc2cnc[nH]2)c(Br)c1. The molecule has 0 saturated heterocycles. The molecule has 0 spiro atoms. The van der Waals surface area contributed by atoms with Gasteiger partial charge in [-0.05, 0) is 37.9 Å². The van der Waals surface area contributed by atoms with Crippen LogP contribution in [0, 0.1) is 0 Å².